The van der Waals surface area contributed by atoms with Crippen molar-refractivity contribution in [2.45, 2.75) is 19.4 Å². The van der Waals surface area contributed by atoms with Crippen molar-refractivity contribution >= 4 is 28.5 Å². The fourth-order valence-corrected chi connectivity index (χ4v) is 4.09. The molecule has 1 aromatic heterocycles. The molecule has 0 radical (unpaired) electrons. The van der Waals surface area contributed by atoms with Crippen LogP contribution in [0.15, 0.2) is 35.1 Å². The first-order valence-electron chi connectivity index (χ1n) is 10.6. The van der Waals surface area contributed by atoms with Gasteiger partial charge in [0, 0.05) is 31.4 Å². The Labute approximate surface area is 192 Å². The SMILES string of the molecule is Cc1cc([C@H](Nc2ccc(F)cc2C(=O)O)C(F)F)c2nc(N3CCOCC3)n(C)c(=O)c2c1. The minimum absolute atomic E-state index is 0.0397. The molecule has 1 atom stereocenters. The van der Waals surface area contributed by atoms with Crippen LogP contribution in [0.4, 0.5) is 24.8 Å². The Morgan fingerprint density at radius 1 is 1.21 bits per heavy atom. The van der Waals surface area contributed by atoms with Crippen LogP contribution in [-0.4, -0.2) is 53.4 Å². The van der Waals surface area contributed by atoms with Gasteiger partial charge in [0.25, 0.3) is 12.0 Å². The van der Waals surface area contributed by atoms with Gasteiger partial charge >= 0.3 is 5.97 Å². The Bertz CT molecular complexity index is 1310. The van der Waals surface area contributed by atoms with Crippen molar-refractivity contribution in [1.29, 1.82) is 0 Å². The molecule has 8 nitrogen and oxygen atoms in total. The predicted octanol–water partition coefficient (Wildman–Crippen LogP) is 3.33. The lowest BCUT2D eigenvalue weighted by molar-refractivity contribution is 0.0696. The van der Waals surface area contributed by atoms with Gasteiger partial charge in [0.05, 0.1) is 29.7 Å². The van der Waals surface area contributed by atoms with E-state index in [1.807, 2.05) is 4.90 Å². The molecular formula is C23H23F3N4O4. The number of alkyl halides is 2. The summed E-state index contributed by atoms with van der Waals surface area (Å²) in [6.45, 7) is 3.53. The van der Waals surface area contributed by atoms with Crippen LogP contribution in [0.1, 0.15) is 27.5 Å². The van der Waals surface area contributed by atoms with Crippen molar-refractivity contribution in [3.63, 3.8) is 0 Å². The van der Waals surface area contributed by atoms with E-state index in [0.29, 0.717) is 37.8 Å². The van der Waals surface area contributed by atoms with E-state index in [0.717, 1.165) is 18.2 Å². The Hall–Kier alpha value is -3.60. The van der Waals surface area contributed by atoms with E-state index in [2.05, 4.69) is 10.3 Å². The summed E-state index contributed by atoms with van der Waals surface area (Å²) in [5.74, 6) is -1.95. The Morgan fingerprint density at radius 2 is 1.91 bits per heavy atom. The number of anilines is 2. The van der Waals surface area contributed by atoms with Crippen molar-refractivity contribution in [1.82, 2.24) is 9.55 Å². The molecule has 0 saturated carbocycles. The second kappa shape index (κ2) is 9.34. The molecule has 4 rings (SSSR count). The number of rotatable bonds is 6. The molecule has 3 aromatic rings. The number of aromatic nitrogens is 2. The lowest BCUT2D eigenvalue weighted by atomic mass is 9.99. The number of ether oxygens (including phenoxy) is 1. The number of carbonyl (C=O) groups is 1. The van der Waals surface area contributed by atoms with Crippen molar-refractivity contribution < 1.29 is 27.8 Å². The van der Waals surface area contributed by atoms with Gasteiger partial charge in [-0.2, -0.15) is 0 Å². The number of morpholine rings is 1. The van der Waals surface area contributed by atoms with Crippen LogP contribution in [0.25, 0.3) is 10.9 Å². The van der Waals surface area contributed by atoms with E-state index in [1.54, 1.807) is 20.0 Å². The second-order valence-corrected chi connectivity index (χ2v) is 8.08. The average molecular weight is 476 g/mol. The van der Waals surface area contributed by atoms with Gasteiger partial charge in [0.1, 0.15) is 11.9 Å². The number of aryl methyl sites for hydroxylation is 1. The summed E-state index contributed by atoms with van der Waals surface area (Å²) in [6, 6.07) is 4.20. The third-order valence-corrected chi connectivity index (χ3v) is 5.73. The molecule has 0 unspecified atom stereocenters. The van der Waals surface area contributed by atoms with Crippen LogP contribution in [0, 0.1) is 12.7 Å². The standard InChI is InChI=1S/C23H23F3N4O4/c1-12-9-15(19(20(25)26)27-17-4-3-13(24)11-14(17)22(32)33)18-16(10-12)21(31)29(2)23(28-18)30-5-7-34-8-6-30/h3-4,9-11,19-20,27H,5-8H2,1-2H3,(H,32,33)/t19-/m0/s1. The summed E-state index contributed by atoms with van der Waals surface area (Å²) in [7, 11) is 1.57. The molecule has 0 amide bonds. The van der Waals surface area contributed by atoms with Crippen molar-refractivity contribution in [3.8, 4) is 0 Å². The van der Waals surface area contributed by atoms with E-state index < -0.39 is 35.4 Å². The summed E-state index contributed by atoms with van der Waals surface area (Å²) in [5.41, 5.74) is -0.362. The molecule has 34 heavy (non-hydrogen) atoms. The van der Waals surface area contributed by atoms with E-state index in [4.69, 9.17) is 4.74 Å². The first kappa shape index (κ1) is 23.6. The number of hydrogen-bond acceptors (Lipinski definition) is 6. The molecule has 180 valence electrons. The molecule has 11 heteroatoms. The topological polar surface area (TPSA) is 96.7 Å². The molecule has 2 N–H and O–H groups in total. The number of aromatic carboxylic acids is 1. The quantitative estimate of drug-likeness (QED) is 0.563. The third-order valence-electron chi connectivity index (χ3n) is 5.73. The lowest BCUT2D eigenvalue weighted by Crippen LogP contribution is -2.40. The van der Waals surface area contributed by atoms with Crippen LogP contribution < -0.4 is 15.8 Å². The zero-order chi connectivity index (χ0) is 24.6. The van der Waals surface area contributed by atoms with Gasteiger partial charge in [0.15, 0.2) is 0 Å². The van der Waals surface area contributed by atoms with E-state index >= 15 is 0 Å². The molecule has 1 aliphatic heterocycles. The number of nitrogens with one attached hydrogen (secondary N) is 1. The number of nitrogens with zero attached hydrogens (tertiary/aromatic N) is 3. The summed E-state index contributed by atoms with van der Waals surface area (Å²) < 4.78 is 49.0. The summed E-state index contributed by atoms with van der Waals surface area (Å²) in [4.78, 5) is 31.2. The maximum absolute atomic E-state index is 14.4. The van der Waals surface area contributed by atoms with Crippen molar-refractivity contribution in [2.24, 2.45) is 7.05 Å². The second-order valence-electron chi connectivity index (χ2n) is 8.08. The Morgan fingerprint density at radius 3 is 2.56 bits per heavy atom. The van der Waals surface area contributed by atoms with Gasteiger partial charge in [-0.3, -0.25) is 9.36 Å². The Kier molecular flexibility index (Phi) is 6.47. The molecule has 1 fully saturated rings. The molecule has 1 aliphatic rings. The molecule has 2 aromatic carbocycles. The molecule has 0 aliphatic carbocycles. The summed E-state index contributed by atoms with van der Waals surface area (Å²) in [5, 5.41) is 12.1. The minimum Gasteiger partial charge on any atom is -0.478 e. The van der Waals surface area contributed by atoms with Gasteiger partial charge in [-0.05, 0) is 36.8 Å². The highest BCUT2D eigenvalue weighted by molar-refractivity contribution is 5.94. The maximum atomic E-state index is 14.4. The van der Waals surface area contributed by atoms with E-state index in [-0.39, 0.29) is 22.2 Å². The van der Waals surface area contributed by atoms with E-state index in [9.17, 15) is 27.9 Å². The molecule has 0 bridgehead atoms. The zero-order valence-corrected chi connectivity index (χ0v) is 18.5. The fraction of sp³-hybridized carbons (Fsp3) is 0.348. The predicted molar refractivity (Wildman–Crippen MR) is 120 cm³/mol. The molecular weight excluding hydrogens is 453 g/mol. The summed E-state index contributed by atoms with van der Waals surface area (Å²) >= 11 is 0. The monoisotopic (exact) mass is 476 g/mol. The largest absolute Gasteiger partial charge is 0.478 e. The third kappa shape index (κ3) is 4.43. The van der Waals surface area contributed by atoms with Crippen LogP contribution >= 0.6 is 0 Å². The van der Waals surface area contributed by atoms with Gasteiger partial charge in [0.2, 0.25) is 5.95 Å². The lowest BCUT2D eigenvalue weighted by Gasteiger charge is -2.29. The van der Waals surface area contributed by atoms with Gasteiger partial charge in [-0.1, -0.05) is 6.07 Å². The number of carboxylic acids is 1. The number of halogens is 3. The highest BCUT2D eigenvalue weighted by Crippen LogP contribution is 2.33. The normalized spacial score (nSPS) is 15.1. The van der Waals surface area contributed by atoms with Crippen molar-refractivity contribution in [2.75, 3.05) is 36.5 Å². The van der Waals surface area contributed by atoms with Crippen LogP contribution in [0.5, 0.6) is 0 Å². The first-order chi connectivity index (χ1) is 16.2. The molecule has 1 saturated heterocycles. The van der Waals surface area contributed by atoms with Crippen LogP contribution in [-0.2, 0) is 11.8 Å². The van der Waals surface area contributed by atoms with Gasteiger partial charge in [-0.15, -0.1) is 0 Å². The van der Waals surface area contributed by atoms with Gasteiger partial charge in [-0.25, -0.2) is 22.9 Å². The zero-order valence-electron chi connectivity index (χ0n) is 18.5. The smallest absolute Gasteiger partial charge is 0.337 e. The van der Waals surface area contributed by atoms with Crippen LogP contribution in [0.2, 0.25) is 0 Å². The summed E-state index contributed by atoms with van der Waals surface area (Å²) in [6.07, 6.45) is -2.99. The first-order valence-corrected chi connectivity index (χ1v) is 10.6. The maximum Gasteiger partial charge on any atom is 0.337 e. The minimum atomic E-state index is -2.99. The number of benzene rings is 2. The average Bonchev–Trinajstić information content (AvgIpc) is 2.80. The van der Waals surface area contributed by atoms with Gasteiger partial charge < -0.3 is 20.1 Å². The Balaban J connectivity index is 1.90. The highest BCUT2D eigenvalue weighted by atomic mass is 19.3. The van der Waals surface area contributed by atoms with Crippen LogP contribution in [0.3, 0.4) is 0 Å². The molecule has 0 spiro atoms. The number of fused-ring (bicyclic) bond motifs is 1. The fourth-order valence-electron chi connectivity index (χ4n) is 4.09. The van der Waals surface area contributed by atoms with E-state index in [1.165, 1.54) is 10.6 Å². The van der Waals surface area contributed by atoms with Crippen molar-refractivity contribution in [3.05, 3.63) is 63.2 Å². The number of carboxylic acid groups (broad SMARTS) is 1. The highest BCUT2D eigenvalue weighted by Gasteiger charge is 2.29. The molecule has 2 heterocycles. The number of hydrogen-bond donors (Lipinski definition) is 2.